The Morgan fingerprint density at radius 2 is 1.47 bits per heavy atom. The summed E-state index contributed by atoms with van der Waals surface area (Å²) in [5.74, 6) is 0. The zero-order valence-corrected chi connectivity index (χ0v) is 8.20. The van der Waals surface area contributed by atoms with E-state index < -0.39 is 0 Å². The van der Waals surface area contributed by atoms with Gasteiger partial charge in [-0.1, -0.05) is 15.5 Å². The molecule has 0 spiro atoms. The predicted octanol–water partition coefficient (Wildman–Crippen LogP) is -0.0466. The molecule has 7 heteroatoms. The van der Waals surface area contributed by atoms with Crippen LogP contribution >= 0.6 is 0 Å². The van der Waals surface area contributed by atoms with Crippen LogP contribution in [-0.2, 0) is 0 Å². The predicted molar refractivity (Wildman–Crippen MR) is 52.2 cm³/mol. The summed E-state index contributed by atoms with van der Waals surface area (Å²) in [5, 5.41) is 35.9. The standard InChI is InChI=1S/C8H12N4O3/c1-12-4-2-3-5(12)7(10-14)8(11-15)6(4)9-13/h4-5,13-15H,2-3H2,1H3/b9-6+,10-7+,11-8?. The van der Waals surface area contributed by atoms with Gasteiger partial charge in [0, 0.05) is 0 Å². The highest BCUT2D eigenvalue weighted by molar-refractivity contribution is 6.71. The van der Waals surface area contributed by atoms with Crippen molar-refractivity contribution in [2.24, 2.45) is 15.5 Å². The van der Waals surface area contributed by atoms with Crippen LogP contribution in [0.15, 0.2) is 15.5 Å². The summed E-state index contributed by atoms with van der Waals surface area (Å²) in [6, 6.07) is -0.146. The lowest BCUT2D eigenvalue weighted by molar-refractivity contribution is 0.281. The van der Waals surface area contributed by atoms with Crippen LogP contribution in [0.4, 0.5) is 0 Å². The van der Waals surface area contributed by atoms with Crippen LogP contribution in [0.1, 0.15) is 12.8 Å². The van der Waals surface area contributed by atoms with Crippen molar-refractivity contribution in [1.29, 1.82) is 0 Å². The molecule has 3 N–H and O–H groups in total. The van der Waals surface area contributed by atoms with Crippen LogP contribution in [0.25, 0.3) is 0 Å². The first-order valence-electron chi connectivity index (χ1n) is 4.63. The minimum atomic E-state index is -0.0728. The summed E-state index contributed by atoms with van der Waals surface area (Å²) < 4.78 is 0. The second-order valence-electron chi connectivity index (χ2n) is 3.69. The highest BCUT2D eigenvalue weighted by Crippen LogP contribution is 2.30. The number of hydrogen-bond acceptors (Lipinski definition) is 7. The second kappa shape index (κ2) is 3.50. The molecule has 0 amide bonds. The number of oxime groups is 3. The fourth-order valence-corrected chi connectivity index (χ4v) is 2.38. The Morgan fingerprint density at radius 3 is 1.80 bits per heavy atom. The first-order valence-corrected chi connectivity index (χ1v) is 4.63. The van der Waals surface area contributed by atoms with E-state index >= 15 is 0 Å². The van der Waals surface area contributed by atoms with Gasteiger partial charge in [0.15, 0.2) is 5.71 Å². The molecular formula is C8H12N4O3. The fourth-order valence-electron chi connectivity index (χ4n) is 2.38. The molecule has 2 saturated heterocycles. The lowest BCUT2D eigenvalue weighted by Crippen LogP contribution is -2.54. The normalized spacial score (nSPS) is 36.5. The molecule has 2 atom stereocenters. The third-order valence-electron chi connectivity index (χ3n) is 3.13. The van der Waals surface area contributed by atoms with E-state index in [2.05, 4.69) is 15.5 Å². The second-order valence-corrected chi connectivity index (χ2v) is 3.69. The molecule has 2 fully saturated rings. The third-order valence-corrected chi connectivity index (χ3v) is 3.13. The summed E-state index contributed by atoms with van der Waals surface area (Å²) in [7, 11) is 1.85. The monoisotopic (exact) mass is 212 g/mol. The van der Waals surface area contributed by atoms with Crippen molar-refractivity contribution in [3.8, 4) is 0 Å². The molecule has 2 aliphatic rings. The SMILES string of the molecule is CN1C2CCC1/C(=N\O)C(=NO)/C2=N/O. The van der Waals surface area contributed by atoms with Gasteiger partial charge in [0.05, 0.1) is 12.1 Å². The number of piperidine rings is 1. The average Bonchev–Trinajstić information content (AvgIpc) is 2.53. The Balaban J connectivity index is 2.51. The number of rotatable bonds is 0. The van der Waals surface area contributed by atoms with Crippen molar-refractivity contribution in [3.05, 3.63) is 0 Å². The smallest absolute Gasteiger partial charge is 0.155 e. The van der Waals surface area contributed by atoms with Crippen LogP contribution in [0.3, 0.4) is 0 Å². The van der Waals surface area contributed by atoms with Gasteiger partial charge in [-0.15, -0.1) is 0 Å². The lowest BCUT2D eigenvalue weighted by Gasteiger charge is -2.31. The van der Waals surface area contributed by atoms with Crippen LogP contribution in [0, 0.1) is 0 Å². The van der Waals surface area contributed by atoms with E-state index in [0.29, 0.717) is 0 Å². The minimum absolute atomic E-state index is 0.0728. The molecule has 0 aromatic carbocycles. The molecule has 0 aromatic heterocycles. The molecule has 2 bridgehead atoms. The van der Waals surface area contributed by atoms with E-state index in [0.717, 1.165) is 12.8 Å². The summed E-state index contributed by atoms with van der Waals surface area (Å²) in [5.41, 5.74) is 0.578. The van der Waals surface area contributed by atoms with Crippen molar-refractivity contribution in [2.75, 3.05) is 7.05 Å². The van der Waals surface area contributed by atoms with Crippen LogP contribution in [0.5, 0.6) is 0 Å². The third kappa shape index (κ3) is 1.19. The first kappa shape index (κ1) is 9.91. The van der Waals surface area contributed by atoms with Gasteiger partial charge in [-0.05, 0) is 19.9 Å². The van der Waals surface area contributed by atoms with Gasteiger partial charge < -0.3 is 15.6 Å². The van der Waals surface area contributed by atoms with Gasteiger partial charge in [0.25, 0.3) is 0 Å². The van der Waals surface area contributed by atoms with Crippen molar-refractivity contribution >= 4 is 17.1 Å². The molecule has 2 rings (SSSR count). The van der Waals surface area contributed by atoms with Crippen molar-refractivity contribution < 1.29 is 15.6 Å². The molecule has 0 saturated carbocycles. The van der Waals surface area contributed by atoms with E-state index in [4.69, 9.17) is 15.6 Å². The zero-order chi connectivity index (χ0) is 11.0. The number of fused-ring (bicyclic) bond motifs is 2. The average molecular weight is 212 g/mol. The Hall–Kier alpha value is -1.63. The van der Waals surface area contributed by atoms with Crippen molar-refractivity contribution in [2.45, 2.75) is 24.9 Å². The Labute approximate surface area is 86.0 Å². The number of hydrogen-bond donors (Lipinski definition) is 3. The highest BCUT2D eigenvalue weighted by Gasteiger charge is 2.47. The largest absolute Gasteiger partial charge is 0.411 e. The maximum absolute atomic E-state index is 8.88. The van der Waals surface area contributed by atoms with E-state index in [1.807, 2.05) is 11.9 Å². The maximum Gasteiger partial charge on any atom is 0.155 e. The molecule has 0 aromatic rings. The summed E-state index contributed by atoms with van der Waals surface area (Å²) in [4.78, 5) is 1.94. The fraction of sp³-hybridized carbons (Fsp3) is 0.625. The molecule has 0 radical (unpaired) electrons. The van der Waals surface area contributed by atoms with Crippen molar-refractivity contribution in [3.63, 3.8) is 0 Å². The summed E-state index contributed by atoms with van der Waals surface area (Å²) in [6.45, 7) is 0. The molecule has 15 heavy (non-hydrogen) atoms. The Bertz CT molecular complexity index is 333. The zero-order valence-electron chi connectivity index (χ0n) is 8.20. The molecule has 2 aliphatic heterocycles. The van der Waals surface area contributed by atoms with Crippen LogP contribution < -0.4 is 0 Å². The van der Waals surface area contributed by atoms with Gasteiger partial charge in [0.1, 0.15) is 11.4 Å². The highest BCUT2D eigenvalue weighted by atomic mass is 16.4. The van der Waals surface area contributed by atoms with Crippen molar-refractivity contribution in [1.82, 2.24) is 4.90 Å². The molecule has 2 heterocycles. The van der Waals surface area contributed by atoms with Gasteiger partial charge in [-0.2, -0.15) is 0 Å². The quantitative estimate of drug-likeness (QED) is 0.387. The molecule has 0 aliphatic carbocycles. The van der Waals surface area contributed by atoms with E-state index in [1.165, 1.54) is 0 Å². The van der Waals surface area contributed by atoms with Gasteiger partial charge in [0.2, 0.25) is 0 Å². The molecular weight excluding hydrogens is 200 g/mol. The first-order chi connectivity index (χ1) is 7.24. The van der Waals surface area contributed by atoms with E-state index in [9.17, 15) is 0 Å². The molecule has 2 unspecified atom stereocenters. The molecule has 7 nitrogen and oxygen atoms in total. The van der Waals surface area contributed by atoms with Gasteiger partial charge in [-0.25, -0.2) is 0 Å². The topological polar surface area (TPSA) is 101 Å². The molecule has 82 valence electrons. The van der Waals surface area contributed by atoms with Crippen LogP contribution in [0.2, 0.25) is 0 Å². The van der Waals surface area contributed by atoms with E-state index in [-0.39, 0.29) is 29.2 Å². The summed E-state index contributed by atoms with van der Waals surface area (Å²) in [6.07, 6.45) is 1.58. The van der Waals surface area contributed by atoms with Crippen LogP contribution in [-0.4, -0.2) is 56.8 Å². The summed E-state index contributed by atoms with van der Waals surface area (Å²) >= 11 is 0. The van der Waals surface area contributed by atoms with Gasteiger partial charge >= 0.3 is 0 Å². The lowest BCUT2D eigenvalue weighted by atomic mass is 9.97. The minimum Gasteiger partial charge on any atom is -0.411 e. The maximum atomic E-state index is 8.88. The number of nitrogens with zero attached hydrogens (tertiary/aromatic N) is 4. The van der Waals surface area contributed by atoms with Gasteiger partial charge in [-0.3, -0.25) is 4.90 Å². The van der Waals surface area contributed by atoms with E-state index in [1.54, 1.807) is 0 Å². The Morgan fingerprint density at radius 1 is 1.00 bits per heavy atom. The Kier molecular flexibility index (Phi) is 2.31.